The van der Waals surface area contributed by atoms with Gasteiger partial charge in [0.2, 0.25) is 5.91 Å². The second kappa shape index (κ2) is 10.7. The van der Waals surface area contributed by atoms with Crippen LogP contribution in [0.1, 0.15) is 48.2 Å². The second-order valence-corrected chi connectivity index (χ2v) is 11.1. The second-order valence-electron chi connectivity index (χ2n) is 11.1. The first-order chi connectivity index (χ1) is 18.7. The number of para-hydroxylation sites is 1. The molecule has 2 unspecified atom stereocenters. The highest BCUT2D eigenvalue weighted by molar-refractivity contribution is 6.00. The quantitative estimate of drug-likeness (QED) is 0.348. The van der Waals surface area contributed by atoms with Crippen LogP contribution in [0, 0.1) is 5.41 Å². The van der Waals surface area contributed by atoms with Gasteiger partial charge in [-0.05, 0) is 35.6 Å². The van der Waals surface area contributed by atoms with E-state index in [2.05, 4.69) is 20.6 Å². The number of nitrogens with zero attached hydrogens (tertiary/aromatic N) is 2. The highest BCUT2D eigenvalue weighted by atomic mass is 16.2. The molecular formula is C31H33N5O3. The molecular weight excluding hydrogens is 490 g/mol. The summed E-state index contributed by atoms with van der Waals surface area (Å²) >= 11 is 0. The molecule has 3 N–H and O–H groups in total. The third kappa shape index (κ3) is 5.85. The first-order valence-electron chi connectivity index (χ1n) is 13.2. The molecule has 1 aliphatic rings. The van der Waals surface area contributed by atoms with E-state index in [0.717, 1.165) is 22.0 Å². The van der Waals surface area contributed by atoms with Gasteiger partial charge in [-0.2, -0.15) is 0 Å². The first kappa shape index (κ1) is 26.2. The maximum atomic E-state index is 13.6. The van der Waals surface area contributed by atoms with E-state index in [-0.39, 0.29) is 23.8 Å². The lowest BCUT2D eigenvalue weighted by molar-refractivity contribution is -0.134. The highest BCUT2D eigenvalue weighted by Crippen LogP contribution is 2.24. The summed E-state index contributed by atoms with van der Waals surface area (Å²) in [5.74, 6) is -0.754. The number of fused-ring (bicyclic) bond motifs is 1. The van der Waals surface area contributed by atoms with E-state index >= 15 is 0 Å². The standard InChI is InChI=1S/C31H33N5O3/c1-31(2,3)27(35-29(38)26-17-21-11-7-8-12-24(21)34-26)30(39)36-16-15-23(19-36)33-28(37)25-14-13-22(18-32-25)20-9-5-4-6-10-20/h4-14,17-18,23,27,34H,15-16,19H2,1-3H3,(H,33,37)(H,35,38). The monoisotopic (exact) mass is 523 g/mol. The molecule has 0 aliphatic carbocycles. The summed E-state index contributed by atoms with van der Waals surface area (Å²) in [7, 11) is 0. The van der Waals surface area contributed by atoms with Crippen LogP contribution in [0.25, 0.3) is 22.0 Å². The van der Waals surface area contributed by atoms with Gasteiger partial charge in [-0.3, -0.25) is 19.4 Å². The molecule has 0 saturated carbocycles. The summed E-state index contributed by atoms with van der Waals surface area (Å²) in [6.07, 6.45) is 2.32. The fourth-order valence-electron chi connectivity index (χ4n) is 4.90. The molecule has 1 aliphatic heterocycles. The van der Waals surface area contributed by atoms with Crippen LogP contribution in [0.4, 0.5) is 0 Å². The van der Waals surface area contributed by atoms with Crippen molar-refractivity contribution < 1.29 is 14.4 Å². The number of pyridine rings is 1. The Balaban J connectivity index is 1.21. The van der Waals surface area contributed by atoms with Crippen LogP contribution in [0.3, 0.4) is 0 Å². The van der Waals surface area contributed by atoms with Crippen molar-refractivity contribution >= 4 is 28.6 Å². The van der Waals surface area contributed by atoms with Crippen molar-refractivity contribution in [3.05, 3.63) is 90.4 Å². The largest absolute Gasteiger partial charge is 0.351 e. The Morgan fingerprint density at radius 3 is 2.38 bits per heavy atom. The minimum absolute atomic E-state index is 0.158. The summed E-state index contributed by atoms with van der Waals surface area (Å²) in [6, 6.07) is 22.0. The number of H-pyrrole nitrogens is 1. The smallest absolute Gasteiger partial charge is 0.270 e. The molecule has 0 spiro atoms. The summed E-state index contributed by atoms with van der Waals surface area (Å²) in [5, 5.41) is 6.90. The van der Waals surface area contributed by atoms with E-state index in [1.807, 2.05) is 81.4 Å². The minimum atomic E-state index is -0.724. The topological polar surface area (TPSA) is 107 Å². The van der Waals surface area contributed by atoms with E-state index in [4.69, 9.17) is 0 Å². The molecule has 3 heterocycles. The summed E-state index contributed by atoms with van der Waals surface area (Å²) in [5.41, 5.74) is 3.07. The molecule has 5 rings (SSSR count). The predicted octanol–water partition coefficient (Wildman–Crippen LogP) is 4.41. The van der Waals surface area contributed by atoms with Gasteiger partial charge in [0.25, 0.3) is 11.8 Å². The van der Waals surface area contributed by atoms with Crippen LogP contribution in [0.5, 0.6) is 0 Å². The van der Waals surface area contributed by atoms with E-state index in [1.165, 1.54) is 0 Å². The Labute approximate surface area is 227 Å². The Hall–Kier alpha value is -4.46. The molecule has 1 saturated heterocycles. The normalized spacial score (nSPS) is 16.2. The van der Waals surface area contributed by atoms with E-state index in [9.17, 15) is 14.4 Å². The number of amides is 3. The van der Waals surface area contributed by atoms with Crippen molar-refractivity contribution in [2.24, 2.45) is 5.41 Å². The first-order valence-corrected chi connectivity index (χ1v) is 13.2. The van der Waals surface area contributed by atoms with Gasteiger partial charge in [0, 0.05) is 41.8 Å². The number of rotatable bonds is 6. The Morgan fingerprint density at radius 1 is 0.949 bits per heavy atom. The van der Waals surface area contributed by atoms with Crippen LogP contribution in [0.2, 0.25) is 0 Å². The van der Waals surface area contributed by atoms with Gasteiger partial charge in [0.05, 0.1) is 0 Å². The zero-order valence-corrected chi connectivity index (χ0v) is 22.4. The lowest BCUT2D eigenvalue weighted by Crippen LogP contribution is -2.54. The molecule has 0 bridgehead atoms. The number of carbonyl (C=O) groups excluding carboxylic acids is 3. The molecule has 39 heavy (non-hydrogen) atoms. The van der Waals surface area contributed by atoms with Crippen LogP contribution >= 0.6 is 0 Å². The molecule has 200 valence electrons. The van der Waals surface area contributed by atoms with Crippen LogP contribution in [-0.2, 0) is 4.79 Å². The van der Waals surface area contributed by atoms with Crippen molar-refractivity contribution in [1.82, 2.24) is 25.5 Å². The zero-order chi connectivity index (χ0) is 27.6. The molecule has 2 aromatic carbocycles. The maximum Gasteiger partial charge on any atom is 0.270 e. The fourth-order valence-corrected chi connectivity index (χ4v) is 4.90. The average molecular weight is 524 g/mol. The number of carbonyl (C=O) groups is 3. The van der Waals surface area contributed by atoms with Crippen molar-refractivity contribution in [2.75, 3.05) is 13.1 Å². The van der Waals surface area contributed by atoms with Crippen LogP contribution < -0.4 is 10.6 Å². The van der Waals surface area contributed by atoms with Crippen molar-refractivity contribution in [2.45, 2.75) is 39.3 Å². The van der Waals surface area contributed by atoms with Gasteiger partial charge < -0.3 is 20.5 Å². The molecule has 3 amide bonds. The lowest BCUT2D eigenvalue weighted by Gasteiger charge is -2.33. The number of hydrogen-bond acceptors (Lipinski definition) is 4. The molecule has 8 nitrogen and oxygen atoms in total. The number of nitrogens with one attached hydrogen (secondary N) is 3. The third-order valence-electron chi connectivity index (χ3n) is 7.10. The van der Waals surface area contributed by atoms with Gasteiger partial charge in [-0.25, -0.2) is 0 Å². The Morgan fingerprint density at radius 2 is 1.69 bits per heavy atom. The van der Waals surface area contributed by atoms with Gasteiger partial charge in [-0.1, -0.05) is 75.4 Å². The van der Waals surface area contributed by atoms with E-state index < -0.39 is 11.5 Å². The summed E-state index contributed by atoms with van der Waals surface area (Å²) < 4.78 is 0. The van der Waals surface area contributed by atoms with Gasteiger partial charge in [0.15, 0.2) is 0 Å². The number of hydrogen-bond donors (Lipinski definition) is 3. The van der Waals surface area contributed by atoms with Crippen LogP contribution in [-0.4, -0.2) is 57.8 Å². The van der Waals surface area contributed by atoms with E-state index in [0.29, 0.717) is 30.9 Å². The predicted molar refractivity (Wildman–Crippen MR) is 151 cm³/mol. The molecule has 4 aromatic rings. The third-order valence-corrected chi connectivity index (χ3v) is 7.10. The SMILES string of the molecule is CC(C)(C)C(NC(=O)c1cc2ccccc2[nH]1)C(=O)N1CCC(NC(=O)c2ccc(-c3ccccc3)cn2)C1. The Bertz CT molecular complexity index is 1460. The van der Waals surface area contributed by atoms with Crippen molar-refractivity contribution in [3.63, 3.8) is 0 Å². The number of likely N-dealkylation sites (tertiary alicyclic amines) is 1. The fraction of sp³-hybridized carbons (Fsp3) is 0.290. The van der Waals surface area contributed by atoms with Crippen molar-refractivity contribution in [1.29, 1.82) is 0 Å². The molecule has 2 aromatic heterocycles. The summed E-state index contributed by atoms with van der Waals surface area (Å²) in [4.78, 5) is 48.7. The average Bonchev–Trinajstić information content (AvgIpc) is 3.58. The molecule has 0 radical (unpaired) electrons. The van der Waals surface area contributed by atoms with E-state index in [1.54, 1.807) is 23.2 Å². The lowest BCUT2D eigenvalue weighted by atomic mass is 9.85. The highest BCUT2D eigenvalue weighted by Gasteiger charge is 2.38. The zero-order valence-electron chi connectivity index (χ0n) is 22.4. The number of aromatic nitrogens is 2. The molecule has 1 fully saturated rings. The minimum Gasteiger partial charge on any atom is -0.351 e. The maximum absolute atomic E-state index is 13.6. The molecule has 8 heteroatoms. The van der Waals surface area contributed by atoms with Crippen molar-refractivity contribution in [3.8, 4) is 11.1 Å². The molecule has 2 atom stereocenters. The van der Waals surface area contributed by atoms with Gasteiger partial charge in [0.1, 0.15) is 17.4 Å². The summed E-state index contributed by atoms with van der Waals surface area (Å²) in [6.45, 7) is 6.67. The Kier molecular flexibility index (Phi) is 7.19. The number of aromatic amines is 1. The number of benzene rings is 2. The van der Waals surface area contributed by atoms with Gasteiger partial charge in [-0.15, -0.1) is 0 Å². The van der Waals surface area contributed by atoms with Gasteiger partial charge >= 0.3 is 0 Å². The van der Waals surface area contributed by atoms with Crippen LogP contribution in [0.15, 0.2) is 79.0 Å².